The summed E-state index contributed by atoms with van der Waals surface area (Å²) in [5, 5.41) is 7.26. The topological polar surface area (TPSA) is 89.2 Å². The fraction of sp³-hybridized carbons (Fsp3) is 0.400. The molecule has 2 fully saturated rings. The van der Waals surface area contributed by atoms with Gasteiger partial charge >= 0.3 is 0 Å². The predicted octanol–water partition coefficient (Wildman–Crippen LogP) is 0.911. The van der Waals surface area contributed by atoms with Gasteiger partial charge < -0.3 is 10.6 Å². The Morgan fingerprint density at radius 1 is 0.833 bits per heavy atom. The molecule has 0 unspecified atom stereocenters. The molecule has 0 saturated heterocycles. The Morgan fingerprint density at radius 2 is 1.38 bits per heavy atom. The fourth-order valence-electron chi connectivity index (χ4n) is 1.92. The lowest BCUT2D eigenvalue weighted by atomic mass is 10.2. The molecule has 1 amide bonds. The van der Waals surface area contributed by atoms with Crippen molar-refractivity contribution in [2.24, 2.45) is 0 Å². The van der Waals surface area contributed by atoms with Gasteiger partial charge in [0.1, 0.15) is 0 Å². The maximum Gasteiger partial charge on any atom is 0.269 e. The number of hydrogen-bond acceptors (Lipinski definition) is 4. The molecule has 1 aromatic carbocycles. The van der Waals surface area contributed by atoms with Crippen LogP contribution < -0.4 is 32.3 Å². The first-order valence-corrected chi connectivity index (χ1v) is 8.71. The summed E-state index contributed by atoms with van der Waals surface area (Å²) in [5.41, 5.74) is 12.5. The molecule has 9 heteroatoms. The van der Waals surface area contributed by atoms with Crippen LogP contribution in [0.3, 0.4) is 0 Å². The Kier molecular flexibility index (Phi) is 5.31. The van der Waals surface area contributed by atoms with Crippen LogP contribution in [0.1, 0.15) is 36.0 Å². The van der Waals surface area contributed by atoms with E-state index in [1.165, 1.54) is 12.8 Å². The average molecular weight is 365 g/mol. The molecule has 0 heterocycles. The van der Waals surface area contributed by atoms with Crippen LogP contribution in [-0.2, 0) is 0 Å². The van der Waals surface area contributed by atoms with Gasteiger partial charge in [0.2, 0.25) is 0 Å². The third-order valence-corrected chi connectivity index (χ3v) is 4.02. The number of benzene rings is 1. The highest BCUT2D eigenvalue weighted by Crippen LogP contribution is 2.18. The van der Waals surface area contributed by atoms with Crippen LogP contribution in [0.2, 0.25) is 0 Å². The molecule has 0 spiro atoms. The third-order valence-electron chi connectivity index (χ3n) is 3.58. The van der Waals surface area contributed by atoms with E-state index in [1.54, 1.807) is 24.3 Å². The highest BCUT2D eigenvalue weighted by molar-refractivity contribution is 7.80. The zero-order valence-corrected chi connectivity index (χ0v) is 14.7. The molecule has 128 valence electrons. The van der Waals surface area contributed by atoms with E-state index < -0.39 is 0 Å². The SMILES string of the molecule is O=C(NNC(=S)NC1CC1)c1ccc(NNC(=S)NC2CC2)cc1. The predicted molar refractivity (Wildman–Crippen MR) is 101 cm³/mol. The van der Waals surface area contributed by atoms with Crippen LogP contribution in [0.4, 0.5) is 5.69 Å². The first-order valence-electron chi connectivity index (χ1n) is 7.89. The molecular formula is C15H20N6OS2. The van der Waals surface area contributed by atoms with Crippen molar-refractivity contribution in [3.8, 4) is 0 Å². The second kappa shape index (κ2) is 7.63. The summed E-state index contributed by atoms with van der Waals surface area (Å²) in [6.45, 7) is 0. The van der Waals surface area contributed by atoms with Gasteiger partial charge in [0.15, 0.2) is 10.2 Å². The molecule has 24 heavy (non-hydrogen) atoms. The lowest BCUT2D eigenvalue weighted by Crippen LogP contribution is -2.47. The van der Waals surface area contributed by atoms with Gasteiger partial charge in [-0.25, -0.2) is 0 Å². The maximum absolute atomic E-state index is 12.0. The Bertz CT molecular complexity index is 627. The van der Waals surface area contributed by atoms with Crippen molar-refractivity contribution in [3.63, 3.8) is 0 Å². The van der Waals surface area contributed by atoms with E-state index in [0.717, 1.165) is 18.5 Å². The van der Waals surface area contributed by atoms with E-state index in [1.807, 2.05) is 0 Å². The minimum Gasteiger partial charge on any atom is -0.359 e. The number of carbonyl (C=O) groups excluding carboxylic acids is 1. The second-order valence-electron chi connectivity index (χ2n) is 5.90. The lowest BCUT2D eigenvalue weighted by Gasteiger charge is -2.13. The summed E-state index contributed by atoms with van der Waals surface area (Å²) < 4.78 is 0. The first kappa shape index (κ1) is 16.7. The molecule has 6 N–H and O–H groups in total. The minimum absolute atomic E-state index is 0.250. The Balaban J connectivity index is 1.39. The van der Waals surface area contributed by atoms with Gasteiger partial charge in [-0.3, -0.25) is 26.5 Å². The highest BCUT2D eigenvalue weighted by atomic mass is 32.1. The van der Waals surface area contributed by atoms with Crippen LogP contribution in [0.25, 0.3) is 0 Å². The zero-order chi connectivity index (χ0) is 16.9. The van der Waals surface area contributed by atoms with Gasteiger partial charge in [0, 0.05) is 17.6 Å². The van der Waals surface area contributed by atoms with E-state index in [9.17, 15) is 4.79 Å². The first-order chi connectivity index (χ1) is 11.6. The van der Waals surface area contributed by atoms with E-state index in [-0.39, 0.29) is 5.91 Å². The summed E-state index contributed by atoms with van der Waals surface area (Å²) in [5.74, 6) is -0.250. The number of rotatable bonds is 5. The second-order valence-corrected chi connectivity index (χ2v) is 6.72. The molecule has 0 atom stereocenters. The number of nitrogens with one attached hydrogen (secondary N) is 6. The zero-order valence-electron chi connectivity index (χ0n) is 13.0. The van der Waals surface area contributed by atoms with Crippen molar-refractivity contribution in [1.82, 2.24) is 26.9 Å². The van der Waals surface area contributed by atoms with Crippen molar-refractivity contribution in [1.29, 1.82) is 0 Å². The van der Waals surface area contributed by atoms with Gasteiger partial charge in [-0.2, -0.15) is 0 Å². The molecule has 3 rings (SSSR count). The fourth-order valence-corrected chi connectivity index (χ4v) is 2.35. The highest BCUT2D eigenvalue weighted by Gasteiger charge is 2.22. The van der Waals surface area contributed by atoms with Gasteiger partial charge in [-0.15, -0.1) is 0 Å². The molecule has 0 bridgehead atoms. The number of hydrazine groups is 2. The monoisotopic (exact) mass is 364 g/mol. The Hall–Kier alpha value is -2.13. The van der Waals surface area contributed by atoms with Crippen molar-refractivity contribution < 1.29 is 4.79 Å². The molecule has 2 aliphatic carbocycles. The molecule has 0 aliphatic heterocycles. The smallest absolute Gasteiger partial charge is 0.269 e. The van der Waals surface area contributed by atoms with E-state index >= 15 is 0 Å². The quantitative estimate of drug-likeness (QED) is 0.340. The van der Waals surface area contributed by atoms with Crippen LogP contribution in [-0.4, -0.2) is 28.2 Å². The number of amides is 1. The largest absolute Gasteiger partial charge is 0.359 e. The number of carbonyl (C=O) groups is 1. The Labute approximate surface area is 151 Å². The Morgan fingerprint density at radius 3 is 1.92 bits per heavy atom. The molecule has 7 nitrogen and oxygen atoms in total. The average Bonchev–Trinajstić information content (AvgIpc) is 3.48. The normalized spacial score (nSPS) is 15.8. The van der Waals surface area contributed by atoms with Crippen LogP contribution in [0.5, 0.6) is 0 Å². The number of hydrogen-bond donors (Lipinski definition) is 6. The molecule has 0 aromatic heterocycles. The van der Waals surface area contributed by atoms with Gasteiger partial charge in [0.25, 0.3) is 5.91 Å². The van der Waals surface area contributed by atoms with Crippen LogP contribution in [0, 0.1) is 0 Å². The minimum atomic E-state index is -0.250. The molecule has 2 aliphatic rings. The summed E-state index contributed by atoms with van der Waals surface area (Å²) >= 11 is 10.2. The molecule has 0 radical (unpaired) electrons. The van der Waals surface area contributed by atoms with Crippen molar-refractivity contribution in [2.75, 3.05) is 5.43 Å². The third kappa shape index (κ3) is 5.50. The lowest BCUT2D eigenvalue weighted by molar-refractivity contribution is 0.0943. The standard InChI is InChI=1S/C15H20N6OS2/c22-13(19-21-15(24)17-11-7-8-11)9-1-3-12(4-2-9)18-20-14(23)16-10-5-6-10/h1-4,10-11,18H,5-8H2,(H,19,22)(H2,16,20,23)(H2,17,21,24). The summed E-state index contributed by atoms with van der Waals surface area (Å²) in [4.78, 5) is 12.0. The number of anilines is 1. The summed E-state index contributed by atoms with van der Waals surface area (Å²) in [6, 6.07) is 7.97. The van der Waals surface area contributed by atoms with Crippen LogP contribution >= 0.6 is 24.4 Å². The van der Waals surface area contributed by atoms with E-state index in [4.69, 9.17) is 24.4 Å². The summed E-state index contributed by atoms with van der Waals surface area (Å²) in [6.07, 6.45) is 4.58. The van der Waals surface area contributed by atoms with Gasteiger partial charge in [-0.05, 0) is 74.4 Å². The van der Waals surface area contributed by atoms with E-state index in [2.05, 4.69) is 32.3 Å². The molecule has 1 aromatic rings. The molecular weight excluding hydrogens is 344 g/mol. The number of thiocarbonyl (C=S) groups is 2. The van der Waals surface area contributed by atoms with E-state index in [0.29, 0.717) is 27.9 Å². The maximum atomic E-state index is 12.0. The van der Waals surface area contributed by atoms with Crippen molar-refractivity contribution in [2.45, 2.75) is 37.8 Å². The van der Waals surface area contributed by atoms with Crippen LogP contribution in [0.15, 0.2) is 24.3 Å². The van der Waals surface area contributed by atoms with Crippen molar-refractivity contribution >= 4 is 46.3 Å². The summed E-state index contributed by atoms with van der Waals surface area (Å²) in [7, 11) is 0. The van der Waals surface area contributed by atoms with Gasteiger partial charge in [0.05, 0.1) is 5.69 Å². The van der Waals surface area contributed by atoms with Gasteiger partial charge in [-0.1, -0.05) is 0 Å². The van der Waals surface area contributed by atoms with Crippen molar-refractivity contribution in [3.05, 3.63) is 29.8 Å². The molecule has 2 saturated carbocycles.